The van der Waals surface area contributed by atoms with Crippen LogP contribution >= 0.6 is 0 Å². The molecular formula is C10H19NO2S. The number of hydrogen-bond acceptors (Lipinski definition) is 2. The number of terminal acetylenes is 1. The van der Waals surface area contributed by atoms with Crippen LogP contribution in [0.25, 0.3) is 0 Å². The average molecular weight is 217 g/mol. The van der Waals surface area contributed by atoms with E-state index in [0.717, 1.165) is 19.3 Å². The van der Waals surface area contributed by atoms with E-state index < -0.39 is 10.0 Å². The molecule has 0 atom stereocenters. The lowest BCUT2D eigenvalue weighted by Gasteiger charge is -2.03. The molecule has 0 aromatic rings. The molecule has 1 N–H and O–H groups in total. The largest absolute Gasteiger partial charge is 0.212 e. The Labute approximate surface area is 87.3 Å². The number of unbranched alkanes of at least 4 members (excludes halogenated alkanes) is 4. The van der Waals surface area contributed by atoms with Gasteiger partial charge in [-0.05, 0) is 6.42 Å². The number of hydrogen-bond donors (Lipinski definition) is 1. The summed E-state index contributed by atoms with van der Waals surface area (Å²) in [6, 6.07) is 0. The normalized spacial score (nSPS) is 11.1. The van der Waals surface area contributed by atoms with E-state index in [0.29, 0.717) is 0 Å². The summed E-state index contributed by atoms with van der Waals surface area (Å²) in [6.45, 7) is 2.22. The van der Waals surface area contributed by atoms with Gasteiger partial charge in [-0.3, -0.25) is 0 Å². The monoisotopic (exact) mass is 217 g/mol. The summed E-state index contributed by atoms with van der Waals surface area (Å²) >= 11 is 0. The van der Waals surface area contributed by atoms with Crippen molar-refractivity contribution in [1.82, 2.24) is 4.72 Å². The first-order chi connectivity index (χ1) is 6.62. The predicted molar refractivity (Wildman–Crippen MR) is 59.4 cm³/mol. The minimum atomic E-state index is -3.12. The Morgan fingerprint density at radius 2 is 1.86 bits per heavy atom. The molecule has 0 aliphatic rings. The van der Waals surface area contributed by atoms with Crippen LogP contribution in [0.15, 0.2) is 0 Å². The van der Waals surface area contributed by atoms with E-state index in [9.17, 15) is 8.42 Å². The smallest absolute Gasteiger partial charge is 0.212 e. The lowest BCUT2D eigenvalue weighted by Crippen LogP contribution is -2.26. The van der Waals surface area contributed by atoms with Gasteiger partial charge in [0.2, 0.25) is 10.0 Å². The molecule has 0 fully saturated rings. The first kappa shape index (κ1) is 13.5. The van der Waals surface area contributed by atoms with Gasteiger partial charge in [-0.15, -0.1) is 6.42 Å². The van der Waals surface area contributed by atoms with Gasteiger partial charge in [-0.25, -0.2) is 13.1 Å². The summed E-state index contributed by atoms with van der Waals surface area (Å²) < 4.78 is 24.8. The quantitative estimate of drug-likeness (QED) is 0.495. The second-order valence-electron chi connectivity index (χ2n) is 3.26. The highest BCUT2D eigenvalue weighted by atomic mass is 32.2. The van der Waals surface area contributed by atoms with Crippen LogP contribution < -0.4 is 4.72 Å². The van der Waals surface area contributed by atoms with E-state index in [-0.39, 0.29) is 12.3 Å². The third kappa shape index (κ3) is 8.09. The van der Waals surface area contributed by atoms with E-state index in [4.69, 9.17) is 6.42 Å². The molecule has 0 radical (unpaired) electrons. The summed E-state index contributed by atoms with van der Waals surface area (Å²) in [5.41, 5.74) is 0. The molecule has 0 aromatic heterocycles. The second kappa shape index (κ2) is 7.84. The fourth-order valence-electron chi connectivity index (χ4n) is 1.12. The van der Waals surface area contributed by atoms with Gasteiger partial charge in [0.1, 0.15) is 0 Å². The Morgan fingerprint density at radius 1 is 1.21 bits per heavy atom. The van der Waals surface area contributed by atoms with E-state index in [1.165, 1.54) is 12.8 Å². The van der Waals surface area contributed by atoms with E-state index in [1.807, 2.05) is 0 Å². The molecule has 0 heterocycles. The average Bonchev–Trinajstić information content (AvgIpc) is 2.15. The van der Waals surface area contributed by atoms with Gasteiger partial charge in [-0.1, -0.05) is 38.5 Å². The number of sulfonamides is 1. The van der Waals surface area contributed by atoms with Gasteiger partial charge < -0.3 is 0 Å². The van der Waals surface area contributed by atoms with Crippen molar-refractivity contribution in [3.63, 3.8) is 0 Å². The molecule has 0 aromatic carbocycles. The third-order valence-electron chi connectivity index (χ3n) is 1.91. The van der Waals surface area contributed by atoms with Crippen molar-refractivity contribution in [1.29, 1.82) is 0 Å². The van der Waals surface area contributed by atoms with E-state index in [2.05, 4.69) is 17.6 Å². The Hall–Kier alpha value is -0.530. The molecule has 0 aliphatic carbocycles. The van der Waals surface area contributed by atoms with Crippen LogP contribution in [0.5, 0.6) is 0 Å². The van der Waals surface area contributed by atoms with Crippen LogP contribution in [0.4, 0.5) is 0 Å². The van der Waals surface area contributed by atoms with Crippen LogP contribution in [-0.4, -0.2) is 20.7 Å². The fourth-order valence-corrected chi connectivity index (χ4v) is 2.15. The maximum Gasteiger partial charge on any atom is 0.212 e. The van der Waals surface area contributed by atoms with Crippen LogP contribution in [0, 0.1) is 12.3 Å². The van der Waals surface area contributed by atoms with Gasteiger partial charge in [0, 0.05) is 0 Å². The molecule has 0 spiro atoms. The zero-order valence-corrected chi connectivity index (χ0v) is 9.57. The molecule has 0 saturated heterocycles. The van der Waals surface area contributed by atoms with Crippen molar-refractivity contribution in [2.45, 2.75) is 39.0 Å². The Kier molecular flexibility index (Phi) is 7.54. The topological polar surface area (TPSA) is 46.2 Å². The molecule has 0 saturated carbocycles. The molecule has 4 heteroatoms. The summed E-state index contributed by atoms with van der Waals surface area (Å²) in [6.07, 6.45) is 10.1. The molecule has 0 bridgehead atoms. The lowest BCUT2D eigenvalue weighted by molar-refractivity contribution is 0.577. The number of rotatable bonds is 8. The summed E-state index contributed by atoms with van der Waals surface area (Å²) in [5.74, 6) is 2.44. The van der Waals surface area contributed by atoms with Crippen molar-refractivity contribution < 1.29 is 8.42 Å². The molecular weight excluding hydrogens is 198 g/mol. The van der Waals surface area contributed by atoms with Crippen molar-refractivity contribution in [3.05, 3.63) is 0 Å². The van der Waals surface area contributed by atoms with Gasteiger partial charge in [0.15, 0.2) is 0 Å². The van der Waals surface area contributed by atoms with Crippen molar-refractivity contribution >= 4 is 10.0 Å². The Morgan fingerprint density at radius 3 is 2.43 bits per heavy atom. The minimum absolute atomic E-state index is 0.0945. The van der Waals surface area contributed by atoms with Crippen LogP contribution in [0.1, 0.15) is 39.0 Å². The first-order valence-electron chi connectivity index (χ1n) is 5.03. The maximum atomic E-state index is 11.2. The number of nitrogens with one attached hydrogen (secondary N) is 1. The van der Waals surface area contributed by atoms with Gasteiger partial charge in [-0.2, -0.15) is 0 Å². The summed E-state index contributed by atoms with van der Waals surface area (Å²) in [4.78, 5) is 0. The molecule has 0 aliphatic heterocycles. The standard InChI is InChI=1S/C10H19NO2S/c1-3-5-6-7-8-10-14(12,13)11-9-4-2/h2,11H,3,5-10H2,1H3. The molecule has 3 nitrogen and oxygen atoms in total. The summed E-state index contributed by atoms with van der Waals surface area (Å²) in [7, 11) is -3.12. The fraction of sp³-hybridized carbons (Fsp3) is 0.800. The molecule has 0 unspecified atom stereocenters. The van der Waals surface area contributed by atoms with Gasteiger partial charge in [0.25, 0.3) is 0 Å². The molecule has 0 amide bonds. The van der Waals surface area contributed by atoms with Crippen LogP contribution in [0.3, 0.4) is 0 Å². The molecule has 82 valence electrons. The van der Waals surface area contributed by atoms with Crippen molar-refractivity contribution in [2.75, 3.05) is 12.3 Å². The highest BCUT2D eigenvalue weighted by molar-refractivity contribution is 7.89. The van der Waals surface area contributed by atoms with Crippen LogP contribution in [-0.2, 0) is 10.0 Å². The third-order valence-corrected chi connectivity index (χ3v) is 3.32. The lowest BCUT2D eigenvalue weighted by atomic mass is 10.2. The molecule has 14 heavy (non-hydrogen) atoms. The summed E-state index contributed by atoms with van der Waals surface area (Å²) in [5, 5.41) is 0. The molecule has 0 rings (SSSR count). The predicted octanol–water partition coefficient (Wildman–Crippen LogP) is 1.51. The second-order valence-corrected chi connectivity index (χ2v) is 5.18. The van der Waals surface area contributed by atoms with Crippen molar-refractivity contribution in [2.24, 2.45) is 0 Å². The van der Waals surface area contributed by atoms with E-state index in [1.54, 1.807) is 0 Å². The SMILES string of the molecule is C#CCNS(=O)(=O)CCCCCCC. The van der Waals surface area contributed by atoms with E-state index >= 15 is 0 Å². The first-order valence-corrected chi connectivity index (χ1v) is 6.68. The van der Waals surface area contributed by atoms with Crippen LogP contribution in [0.2, 0.25) is 0 Å². The van der Waals surface area contributed by atoms with Gasteiger partial charge >= 0.3 is 0 Å². The van der Waals surface area contributed by atoms with Crippen molar-refractivity contribution in [3.8, 4) is 12.3 Å². The Balaban J connectivity index is 3.52. The highest BCUT2D eigenvalue weighted by Gasteiger charge is 2.07. The minimum Gasteiger partial charge on any atom is -0.212 e. The highest BCUT2D eigenvalue weighted by Crippen LogP contribution is 2.03. The maximum absolute atomic E-state index is 11.2. The van der Waals surface area contributed by atoms with Gasteiger partial charge in [0.05, 0.1) is 12.3 Å². The zero-order valence-electron chi connectivity index (χ0n) is 8.75. The zero-order chi connectivity index (χ0) is 10.9. The Bertz CT molecular complexity index is 264.